The number of methoxy groups -OCH3 is 2. The molecule has 182 valence electrons. The number of H-pyrrole nitrogens is 1. The van der Waals surface area contributed by atoms with E-state index in [9.17, 15) is 8.78 Å². The third kappa shape index (κ3) is 5.36. The van der Waals surface area contributed by atoms with Gasteiger partial charge < -0.3 is 30.1 Å². The average Bonchev–Trinajstić information content (AvgIpc) is 3.26. The van der Waals surface area contributed by atoms with Crippen molar-refractivity contribution in [3.63, 3.8) is 0 Å². The molecule has 2 aromatic heterocycles. The number of aromatic amines is 1. The Morgan fingerprint density at radius 3 is 2.41 bits per heavy atom. The average molecular weight is 472 g/mol. The van der Waals surface area contributed by atoms with Gasteiger partial charge in [0.25, 0.3) is 0 Å². The molecule has 3 N–H and O–H groups in total. The SMILES string of the molecule is CCN(CC)CCN/C=C(\C=N)c1cnc2[nH]cc(Cc3c(F)c(OC)cc(OC)c3F)c2c1. The van der Waals surface area contributed by atoms with Gasteiger partial charge in [0.1, 0.15) is 5.65 Å². The van der Waals surface area contributed by atoms with Crippen LogP contribution in [0.1, 0.15) is 30.5 Å². The van der Waals surface area contributed by atoms with Crippen LogP contribution in [0.3, 0.4) is 0 Å². The van der Waals surface area contributed by atoms with Gasteiger partial charge in [-0.2, -0.15) is 0 Å². The van der Waals surface area contributed by atoms with Crippen LogP contribution in [0.2, 0.25) is 0 Å². The van der Waals surface area contributed by atoms with Crippen molar-refractivity contribution in [1.82, 2.24) is 20.2 Å². The summed E-state index contributed by atoms with van der Waals surface area (Å²) >= 11 is 0. The zero-order valence-corrected chi connectivity index (χ0v) is 20.0. The highest BCUT2D eigenvalue weighted by Gasteiger charge is 2.21. The van der Waals surface area contributed by atoms with Crippen molar-refractivity contribution in [3.8, 4) is 11.5 Å². The molecule has 0 aliphatic heterocycles. The van der Waals surface area contributed by atoms with E-state index in [0.717, 1.165) is 31.7 Å². The molecule has 0 aliphatic rings. The molecule has 3 aromatic rings. The monoisotopic (exact) mass is 471 g/mol. The van der Waals surface area contributed by atoms with Crippen molar-refractivity contribution >= 4 is 22.8 Å². The Bertz CT molecular complexity index is 1140. The third-order valence-corrected chi connectivity index (χ3v) is 5.86. The van der Waals surface area contributed by atoms with Crippen molar-refractivity contribution in [2.45, 2.75) is 20.3 Å². The van der Waals surface area contributed by atoms with Crippen molar-refractivity contribution in [2.24, 2.45) is 0 Å². The van der Waals surface area contributed by atoms with Crippen molar-refractivity contribution in [3.05, 3.63) is 59.1 Å². The standard InChI is InChI=1S/C25H31F2N5O2/c1-5-32(6-2)8-7-29-13-18(12-28)16-9-19-17(15-31-25(19)30-14-16)10-20-23(26)21(33-3)11-22(34-4)24(20)27/h9,11-15,28-29H,5-8,10H2,1-4H3,(H,30,31)/b18-13+,28-12?. The summed E-state index contributed by atoms with van der Waals surface area (Å²) in [5, 5.41) is 11.8. The number of hydrogen-bond acceptors (Lipinski definition) is 6. The van der Waals surface area contributed by atoms with E-state index in [-0.39, 0.29) is 23.5 Å². The second-order valence-corrected chi connectivity index (χ2v) is 7.72. The summed E-state index contributed by atoms with van der Waals surface area (Å²) in [6, 6.07) is 3.06. The fourth-order valence-electron chi connectivity index (χ4n) is 3.80. The molecule has 0 aliphatic carbocycles. The predicted octanol–water partition coefficient (Wildman–Crippen LogP) is 4.37. The Morgan fingerprint density at radius 2 is 1.82 bits per heavy atom. The first-order valence-corrected chi connectivity index (χ1v) is 11.2. The molecule has 3 rings (SSSR count). The minimum atomic E-state index is -0.767. The largest absolute Gasteiger partial charge is 0.494 e. The summed E-state index contributed by atoms with van der Waals surface area (Å²) in [5.41, 5.74) is 2.48. The van der Waals surface area contributed by atoms with E-state index in [1.807, 2.05) is 6.07 Å². The fourth-order valence-corrected chi connectivity index (χ4v) is 3.80. The molecule has 2 heterocycles. The van der Waals surface area contributed by atoms with Crippen LogP contribution in [-0.4, -0.2) is 61.5 Å². The molecular weight excluding hydrogens is 440 g/mol. The Morgan fingerprint density at radius 1 is 1.15 bits per heavy atom. The van der Waals surface area contributed by atoms with Crippen molar-refractivity contribution < 1.29 is 18.3 Å². The lowest BCUT2D eigenvalue weighted by Gasteiger charge is -2.17. The molecule has 34 heavy (non-hydrogen) atoms. The van der Waals surface area contributed by atoms with Crippen LogP contribution >= 0.6 is 0 Å². The van der Waals surface area contributed by atoms with E-state index < -0.39 is 11.6 Å². The fraction of sp³-hybridized carbons (Fsp3) is 0.360. The van der Waals surface area contributed by atoms with Gasteiger partial charge in [-0.1, -0.05) is 13.8 Å². The molecule has 0 bridgehead atoms. The van der Waals surface area contributed by atoms with E-state index in [4.69, 9.17) is 14.9 Å². The molecule has 0 spiro atoms. The number of pyridine rings is 1. The maximum atomic E-state index is 14.9. The van der Waals surface area contributed by atoms with Crippen LogP contribution in [0.5, 0.6) is 11.5 Å². The molecule has 0 unspecified atom stereocenters. The molecular formula is C25H31F2N5O2. The smallest absolute Gasteiger partial charge is 0.171 e. The van der Waals surface area contributed by atoms with Gasteiger partial charge >= 0.3 is 0 Å². The molecule has 7 nitrogen and oxygen atoms in total. The number of fused-ring (bicyclic) bond motifs is 1. The second-order valence-electron chi connectivity index (χ2n) is 7.72. The summed E-state index contributed by atoms with van der Waals surface area (Å²) in [6.45, 7) is 7.86. The van der Waals surface area contributed by atoms with E-state index in [2.05, 4.69) is 34.0 Å². The van der Waals surface area contributed by atoms with Crippen LogP contribution in [0.25, 0.3) is 16.6 Å². The minimum Gasteiger partial charge on any atom is -0.494 e. The lowest BCUT2D eigenvalue weighted by atomic mass is 10.0. The molecule has 0 radical (unpaired) electrons. The molecule has 0 saturated carbocycles. The maximum absolute atomic E-state index is 14.9. The molecule has 0 fully saturated rings. The highest BCUT2D eigenvalue weighted by atomic mass is 19.1. The van der Waals surface area contributed by atoms with Crippen molar-refractivity contribution in [2.75, 3.05) is 40.4 Å². The van der Waals surface area contributed by atoms with Crippen LogP contribution < -0.4 is 14.8 Å². The predicted molar refractivity (Wildman–Crippen MR) is 131 cm³/mol. The number of nitrogens with zero attached hydrogens (tertiary/aromatic N) is 2. The molecule has 0 amide bonds. The molecule has 9 heteroatoms. The Balaban J connectivity index is 1.90. The van der Waals surface area contributed by atoms with E-state index >= 15 is 0 Å². The number of likely N-dealkylation sites (N-methyl/N-ethyl adjacent to an activating group) is 1. The van der Waals surface area contributed by atoms with Gasteiger partial charge in [0.15, 0.2) is 23.1 Å². The van der Waals surface area contributed by atoms with Gasteiger partial charge in [0.2, 0.25) is 0 Å². The van der Waals surface area contributed by atoms with Crippen molar-refractivity contribution in [1.29, 1.82) is 5.41 Å². The quantitative estimate of drug-likeness (QED) is 0.270. The Labute approximate surface area is 198 Å². The van der Waals surface area contributed by atoms with Crippen LogP contribution in [-0.2, 0) is 6.42 Å². The maximum Gasteiger partial charge on any atom is 0.171 e. The number of aromatic nitrogens is 2. The number of allylic oxidation sites excluding steroid dienone is 1. The number of benzene rings is 1. The van der Waals surface area contributed by atoms with E-state index in [1.165, 1.54) is 26.5 Å². The first kappa shape index (κ1) is 25.2. The Hall–Kier alpha value is -3.46. The highest BCUT2D eigenvalue weighted by Crippen LogP contribution is 2.34. The summed E-state index contributed by atoms with van der Waals surface area (Å²) < 4.78 is 39.9. The number of ether oxygens (including phenoxy) is 2. The van der Waals surface area contributed by atoms with Gasteiger partial charge in [-0.25, -0.2) is 13.8 Å². The number of halogens is 2. The topological polar surface area (TPSA) is 86.3 Å². The number of hydrogen-bond donors (Lipinski definition) is 3. The number of nitrogens with one attached hydrogen (secondary N) is 3. The highest BCUT2D eigenvalue weighted by molar-refractivity contribution is 6.09. The van der Waals surface area contributed by atoms with Gasteiger partial charge in [-0.3, -0.25) is 0 Å². The summed E-state index contributed by atoms with van der Waals surface area (Å²) in [7, 11) is 2.64. The van der Waals surface area contributed by atoms with Gasteiger partial charge in [-0.05, 0) is 24.7 Å². The minimum absolute atomic E-state index is 0.0257. The normalized spacial score (nSPS) is 11.8. The summed E-state index contributed by atoms with van der Waals surface area (Å²) in [4.78, 5) is 9.79. The van der Waals surface area contributed by atoms with Crippen LogP contribution in [0.15, 0.2) is 30.7 Å². The van der Waals surface area contributed by atoms with Gasteiger partial charge in [0, 0.05) is 72.5 Å². The Kier molecular flexibility index (Phi) is 8.59. The first-order valence-electron chi connectivity index (χ1n) is 11.2. The van der Waals surface area contributed by atoms with E-state index in [0.29, 0.717) is 22.2 Å². The van der Waals surface area contributed by atoms with Crippen LogP contribution in [0, 0.1) is 17.0 Å². The van der Waals surface area contributed by atoms with E-state index in [1.54, 1.807) is 18.6 Å². The third-order valence-electron chi connectivity index (χ3n) is 5.86. The van der Waals surface area contributed by atoms with Gasteiger partial charge in [-0.15, -0.1) is 0 Å². The number of rotatable bonds is 12. The molecule has 0 saturated heterocycles. The zero-order valence-electron chi connectivity index (χ0n) is 20.0. The molecule has 1 aromatic carbocycles. The van der Waals surface area contributed by atoms with Crippen LogP contribution in [0.4, 0.5) is 8.78 Å². The summed E-state index contributed by atoms with van der Waals surface area (Å²) in [6.07, 6.45) is 6.37. The molecule has 0 atom stereocenters. The second kappa shape index (κ2) is 11.6. The lowest BCUT2D eigenvalue weighted by molar-refractivity contribution is 0.307. The van der Waals surface area contributed by atoms with Gasteiger partial charge in [0.05, 0.1) is 14.2 Å². The zero-order chi connectivity index (χ0) is 24.7. The summed E-state index contributed by atoms with van der Waals surface area (Å²) in [5.74, 6) is -1.71. The lowest BCUT2D eigenvalue weighted by Crippen LogP contribution is -2.30. The first-order chi connectivity index (χ1) is 16.5.